The maximum absolute atomic E-state index is 13.3. The van der Waals surface area contributed by atoms with Crippen LogP contribution in [0.2, 0.25) is 5.02 Å². The molecule has 0 amide bonds. The summed E-state index contributed by atoms with van der Waals surface area (Å²) in [5, 5.41) is 3.69. The van der Waals surface area contributed by atoms with E-state index in [1.165, 1.54) is 6.07 Å². The van der Waals surface area contributed by atoms with Crippen LogP contribution >= 0.6 is 11.6 Å². The number of aryl methyl sites for hydroxylation is 1. The van der Waals surface area contributed by atoms with E-state index in [-0.39, 0.29) is 0 Å². The molecule has 0 saturated carbocycles. The number of nitrogens with zero attached hydrogens (tertiary/aromatic N) is 3. The van der Waals surface area contributed by atoms with Crippen LogP contribution in [0.15, 0.2) is 41.1 Å². The average Bonchev–Trinajstić information content (AvgIpc) is 3.29. The van der Waals surface area contributed by atoms with Crippen LogP contribution < -0.4 is 10.2 Å². The van der Waals surface area contributed by atoms with E-state index < -0.39 is 11.7 Å². The first-order valence-corrected chi connectivity index (χ1v) is 12.3. The Bertz CT molecular complexity index is 1200. The summed E-state index contributed by atoms with van der Waals surface area (Å²) in [7, 11) is 0. The van der Waals surface area contributed by atoms with Gasteiger partial charge in [-0.25, -0.2) is 0 Å². The Morgan fingerprint density at radius 2 is 1.91 bits per heavy atom. The molecule has 186 valence electrons. The Balaban J connectivity index is 1.43. The number of hydrogen-bond acceptors (Lipinski definition) is 5. The molecule has 0 bridgehead atoms. The average molecular weight is 505 g/mol. The number of benzene rings is 1. The van der Waals surface area contributed by atoms with E-state index in [9.17, 15) is 13.2 Å². The van der Waals surface area contributed by atoms with Crippen molar-refractivity contribution in [2.24, 2.45) is 0 Å². The lowest BCUT2D eigenvalue weighted by Crippen LogP contribution is -2.42. The van der Waals surface area contributed by atoms with Crippen LogP contribution in [0, 0.1) is 6.92 Å². The number of piperazine rings is 1. The predicted octanol–water partition coefficient (Wildman–Crippen LogP) is 5.68. The van der Waals surface area contributed by atoms with Crippen molar-refractivity contribution >= 4 is 17.3 Å². The summed E-state index contributed by atoms with van der Waals surface area (Å²) in [6, 6.07) is 5.58. The van der Waals surface area contributed by atoms with Gasteiger partial charge in [0.1, 0.15) is 5.76 Å². The quantitative estimate of drug-likeness (QED) is 0.484. The van der Waals surface area contributed by atoms with Crippen molar-refractivity contribution < 1.29 is 17.6 Å². The third-order valence-electron chi connectivity index (χ3n) is 6.83. The Hall–Kier alpha value is -2.55. The molecule has 1 aromatic carbocycles. The van der Waals surface area contributed by atoms with Gasteiger partial charge in [0.25, 0.3) is 0 Å². The Kier molecular flexibility index (Phi) is 6.79. The molecule has 2 aromatic heterocycles. The number of hydrogen-bond donors (Lipinski definition) is 1. The van der Waals surface area contributed by atoms with Gasteiger partial charge in [-0.2, -0.15) is 13.2 Å². The first-order valence-electron chi connectivity index (χ1n) is 11.9. The Morgan fingerprint density at radius 1 is 1.11 bits per heavy atom. The zero-order valence-electron chi connectivity index (χ0n) is 19.6. The number of halogens is 4. The minimum Gasteiger partial charge on any atom is -0.467 e. The van der Waals surface area contributed by atoms with Gasteiger partial charge in [-0.1, -0.05) is 11.6 Å². The fraction of sp³-hybridized carbons (Fsp3) is 0.423. The van der Waals surface area contributed by atoms with Crippen molar-refractivity contribution in [3.8, 4) is 11.1 Å². The van der Waals surface area contributed by atoms with E-state index in [4.69, 9.17) is 21.0 Å². The minimum atomic E-state index is -4.41. The van der Waals surface area contributed by atoms with Gasteiger partial charge in [0.15, 0.2) is 0 Å². The van der Waals surface area contributed by atoms with E-state index >= 15 is 0 Å². The van der Waals surface area contributed by atoms with Crippen LogP contribution in [0.5, 0.6) is 0 Å². The minimum absolute atomic E-state index is 0.293. The van der Waals surface area contributed by atoms with E-state index in [1.807, 2.05) is 13.1 Å². The summed E-state index contributed by atoms with van der Waals surface area (Å²) in [5.41, 5.74) is 4.70. The monoisotopic (exact) mass is 504 g/mol. The molecule has 0 aliphatic carbocycles. The van der Waals surface area contributed by atoms with Gasteiger partial charge >= 0.3 is 6.18 Å². The molecule has 1 saturated heterocycles. The molecule has 35 heavy (non-hydrogen) atoms. The lowest BCUT2D eigenvalue weighted by atomic mass is 9.97. The summed E-state index contributed by atoms with van der Waals surface area (Å²) in [5.74, 6) is 0.909. The van der Waals surface area contributed by atoms with Gasteiger partial charge in [-0.3, -0.25) is 9.88 Å². The second kappa shape index (κ2) is 9.84. The number of furan rings is 1. The lowest BCUT2D eigenvalue weighted by Gasteiger charge is -2.33. The molecule has 2 aliphatic rings. The van der Waals surface area contributed by atoms with Gasteiger partial charge in [0, 0.05) is 61.6 Å². The van der Waals surface area contributed by atoms with Crippen LogP contribution in [0.3, 0.4) is 0 Å². The van der Waals surface area contributed by atoms with Crippen molar-refractivity contribution in [2.45, 2.75) is 39.0 Å². The normalized spacial score (nSPS) is 17.0. The molecule has 0 spiro atoms. The van der Waals surface area contributed by atoms with Gasteiger partial charge < -0.3 is 14.6 Å². The highest BCUT2D eigenvalue weighted by Gasteiger charge is 2.31. The molecular weight excluding hydrogens is 477 g/mol. The second-order valence-corrected chi connectivity index (χ2v) is 9.66. The van der Waals surface area contributed by atoms with E-state index in [0.29, 0.717) is 17.1 Å². The van der Waals surface area contributed by atoms with Crippen LogP contribution in [0.25, 0.3) is 11.1 Å². The van der Waals surface area contributed by atoms with Gasteiger partial charge in [0.2, 0.25) is 0 Å². The smallest absolute Gasteiger partial charge is 0.416 e. The summed E-state index contributed by atoms with van der Waals surface area (Å²) in [6.07, 6.45) is 0.964. The number of pyridine rings is 1. The van der Waals surface area contributed by atoms with E-state index in [2.05, 4.69) is 21.2 Å². The first-order chi connectivity index (χ1) is 16.8. The third kappa shape index (κ3) is 5.20. The number of fused-ring (bicyclic) bond motifs is 1. The van der Waals surface area contributed by atoms with Crippen LogP contribution in [-0.2, 0) is 25.7 Å². The molecule has 4 heterocycles. The Labute approximate surface area is 207 Å². The maximum Gasteiger partial charge on any atom is 0.416 e. The highest BCUT2D eigenvalue weighted by atomic mass is 35.5. The van der Waals surface area contributed by atoms with Crippen molar-refractivity contribution in [3.05, 3.63) is 69.9 Å². The topological polar surface area (TPSA) is 44.5 Å². The summed E-state index contributed by atoms with van der Waals surface area (Å²) in [6.45, 7) is 7.77. The second-order valence-electron chi connectivity index (χ2n) is 9.25. The van der Waals surface area contributed by atoms with Gasteiger partial charge in [-0.05, 0) is 55.2 Å². The fourth-order valence-corrected chi connectivity index (χ4v) is 5.20. The molecule has 0 radical (unpaired) electrons. The molecule has 1 fully saturated rings. The van der Waals surface area contributed by atoms with Gasteiger partial charge in [-0.15, -0.1) is 0 Å². The molecule has 5 nitrogen and oxygen atoms in total. The molecular formula is C26H28ClF3N4O. The number of anilines is 1. The van der Waals surface area contributed by atoms with Crippen LogP contribution in [0.1, 0.15) is 34.6 Å². The standard InChI is InChI=1S/C26H28ClF3N4O/c1-17-22(19-12-21(35-16-19)15-33-9-6-31-7-10-33)13-32-24-3-2-8-34(25(17)24)14-18-11-20(26(28,29)30)4-5-23(18)27/h4-5,11-13,16,31H,2-3,6-10,14-15H2,1H3. The third-order valence-corrected chi connectivity index (χ3v) is 7.20. The molecule has 9 heteroatoms. The molecule has 2 aliphatic heterocycles. The van der Waals surface area contributed by atoms with E-state index in [1.54, 1.807) is 6.26 Å². The molecule has 3 aromatic rings. The van der Waals surface area contributed by atoms with Crippen molar-refractivity contribution in [1.29, 1.82) is 0 Å². The van der Waals surface area contributed by atoms with E-state index in [0.717, 1.165) is 98.1 Å². The number of nitrogens with one attached hydrogen (secondary N) is 1. The first kappa shape index (κ1) is 24.2. The molecule has 1 N–H and O–H groups in total. The number of aromatic nitrogens is 1. The zero-order chi connectivity index (χ0) is 24.6. The lowest BCUT2D eigenvalue weighted by molar-refractivity contribution is -0.137. The number of alkyl halides is 3. The van der Waals surface area contributed by atoms with Crippen molar-refractivity contribution in [2.75, 3.05) is 37.6 Å². The van der Waals surface area contributed by atoms with Crippen LogP contribution in [0.4, 0.5) is 18.9 Å². The van der Waals surface area contributed by atoms with Crippen molar-refractivity contribution in [1.82, 2.24) is 15.2 Å². The predicted molar refractivity (Wildman–Crippen MR) is 131 cm³/mol. The number of rotatable bonds is 5. The molecule has 0 atom stereocenters. The zero-order valence-corrected chi connectivity index (χ0v) is 20.3. The Morgan fingerprint density at radius 3 is 2.69 bits per heavy atom. The summed E-state index contributed by atoms with van der Waals surface area (Å²) >= 11 is 6.31. The largest absolute Gasteiger partial charge is 0.467 e. The highest BCUT2D eigenvalue weighted by Crippen LogP contribution is 2.38. The maximum atomic E-state index is 13.3. The van der Waals surface area contributed by atoms with Gasteiger partial charge in [0.05, 0.1) is 29.8 Å². The molecule has 5 rings (SSSR count). The van der Waals surface area contributed by atoms with Crippen LogP contribution in [-0.4, -0.2) is 42.6 Å². The summed E-state index contributed by atoms with van der Waals surface area (Å²) < 4.78 is 45.7. The SMILES string of the molecule is Cc1c(-c2coc(CN3CCNCC3)c2)cnc2c1N(Cc1cc(C(F)(F)F)ccc1Cl)CCC2. The van der Waals surface area contributed by atoms with Crippen molar-refractivity contribution in [3.63, 3.8) is 0 Å². The molecule has 0 unspecified atom stereocenters. The summed E-state index contributed by atoms with van der Waals surface area (Å²) in [4.78, 5) is 9.20. The highest BCUT2D eigenvalue weighted by molar-refractivity contribution is 6.31. The fourth-order valence-electron chi connectivity index (χ4n) is 5.02.